The molecule has 2 aromatic rings. The summed E-state index contributed by atoms with van der Waals surface area (Å²) < 4.78 is 28.3. The maximum Gasteiger partial charge on any atom is 0.387 e. The summed E-state index contributed by atoms with van der Waals surface area (Å²) in [6.45, 7) is -2.29. The first-order chi connectivity index (χ1) is 10.0. The highest BCUT2D eigenvalue weighted by Gasteiger charge is 2.04. The minimum atomic E-state index is -2.83. The molecule has 0 atom stereocenters. The summed E-state index contributed by atoms with van der Waals surface area (Å²) in [5.74, 6) is -0.356. The fourth-order valence-electron chi connectivity index (χ4n) is 1.75. The molecular weight excluding hydrogens is 278 g/mol. The van der Waals surface area contributed by atoms with Crippen molar-refractivity contribution in [2.75, 3.05) is 5.32 Å². The number of primary amides is 1. The molecule has 0 aliphatic carbocycles. The van der Waals surface area contributed by atoms with Gasteiger partial charge in [0.1, 0.15) is 5.75 Å². The van der Waals surface area contributed by atoms with Crippen LogP contribution in [0.2, 0.25) is 0 Å². The lowest BCUT2D eigenvalue weighted by Crippen LogP contribution is -2.10. The van der Waals surface area contributed by atoms with Gasteiger partial charge < -0.3 is 15.8 Å². The van der Waals surface area contributed by atoms with E-state index in [-0.39, 0.29) is 5.75 Å². The third-order valence-corrected chi connectivity index (χ3v) is 2.81. The Labute approximate surface area is 120 Å². The molecule has 0 saturated heterocycles. The van der Waals surface area contributed by atoms with Gasteiger partial charge in [0.25, 0.3) is 0 Å². The first-order valence-electron chi connectivity index (χ1n) is 6.22. The van der Waals surface area contributed by atoms with E-state index in [9.17, 15) is 13.6 Å². The van der Waals surface area contributed by atoms with Crippen LogP contribution in [0.1, 0.15) is 15.9 Å². The minimum absolute atomic E-state index is 0.112. The summed E-state index contributed by atoms with van der Waals surface area (Å²) in [5, 5.41) is 3.13. The Morgan fingerprint density at radius 2 is 1.71 bits per heavy atom. The van der Waals surface area contributed by atoms with Gasteiger partial charge in [-0.25, -0.2) is 0 Å². The first kappa shape index (κ1) is 14.8. The van der Waals surface area contributed by atoms with Gasteiger partial charge >= 0.3 is 6.61 Å². The molecule has 2 aromatic carbocycles. The van der Waals surface area contributed by atoms with Crippen molar-refractivity contribution in [2.24, 2.45) is 5.73 Å². The van der Waals surface area contributed by atoms with Crippen molar-refractivity contribution in [2.45, 2.75) is 13.2 Å². The van der Waals surface area contributed by atoms with Crippen LogP contribution in [0.4, 0.5) is 14.5 Å². The number of alkyl halides is 2. The van der Waals surface area contributed by atoms with E-state index in [2.05, 4.69) is 10.1 Å². The van der Waals surface area contributed by atoms with Gasteiger partial charge in [0.05, 0.1) is 0 Å². The van der Waals surface area contributed by atoms with Crippen molar-refractivity contribution in [3.63, 3.8) is 0 Å². The summed E-state index contributed by atoms with van der Waals surface area (Å²) in [6, 6.07) is 13.1. The Morgan fingerprint density at radius 3 is 2.24 bits per heavy atom. The van der Waals surface area contributed by atoms with E-state index < -0.39 is 12.5 Å². The van der Waals surface area contributed by atoms with Crippen molar-refractivity contribution in [1.29, 1.82) is 0 Å². The Balaban J connectivity index is 1.91. The average molecular weight is 292 g/mol. The second-order valence-electron chi connectivity index (χ2n) is 4.32. The smallest absolute Gasteiger partial charge is 0.387 e. The number of ether oxygens (including phenoxy) is 1. The summed E-state index contributed by atoms with van der Waals surface area (Å²) in [7, 11) is 0. The van der Waals surface area contributed by atoms with E-state index in [0.717, 1.165) is 11.3 Å². The molecule has 0 spiro atoms. The molecule has 21 heavy (non-hydrogen) atoms. The highest BCUT2D eigenvalue weighted by molar-refractivity contribution is 5.92. The van der Waals surface area contributed by atoms with Crippen molar-refractivity contribution in [1.82, 2.24) is 0 Å². The van der Waals surface area contributed by atoms with Gasteiger partial charge in [-0.2, -0.15) is 8.78 Å². The number of halogens is 2. The van der Waals surface area contributed by atoms with Crippen molar-refractivity contribution in [3.8, 4) is 5.75 Å². The molecule has 0 radical (unpaired) electrons. The fourth-order valence-corrected chi connectivity index (χ4v) is 1.75. The van der Waals surface area contributed by atoms with Crippen LogP contribution >= 0.6 is 0 Å². The monoisotopic (exact) mass is 292 g/mol. The number of nitrogens with one attached hydrogen (secondary N) is 1. The number of anilines is 1. The molecule has 6 heteroatoms. The zero-order valence-corrected chi connectivity index (χ0v) is 11.1. The van der Waals surface area contributed by atoms with Crippen molar-refractivity contribution < 1.29 is 18.3 Å². The number of hydrogen-bond donors (Lipinski definition) is 2. The van der Waals surface area contributed by atoms with Crippen LogP contribution in [0.3, 0.4) is 0 Å². The normalized spacial score (nSPS) is 10.4. The zero-order chi connectivity index (χ0) is 15.2. The summed E-state index contributed by atoms with van der Waals surface area (Å²) in [5.41, 5.74) is 7.35. The molecule has 0 aliphatic heterocycles. The Kier molecular flexibility index (Phi) is 4.71. The fraction of sp³-hybridized carbons (Fsp3) is 0.133. The van der Waals surface area contributed by atoms with Gasteiger partial charge in [0.2, 0.25) is 5.91 Å². The van der Waals surface area contributed by atoms with Crippen LogP contribution in [0.25, 0.3) is 0 Å². The van der Waals surface area contributed by atoms with E-state index in [0.29, 0.717) is 12.1 Å². The van der Waals surface area contributed by atoms with Crippen molar-refractivity contribution in [3.05, 3.63) is 59.7 Å². The molecule has 1 amide bonds. The molecule has 3 N–H and O–H groups in total. The molecule has 0 saturated carbocycles. The summed E-state index contributed by atoms with van der Waals surface area (Å²) >= 11 is 0. The lowest BCUT2D eigenvalue weighted by atomic mass is 10.1. The Morgan fingerprint density at radius 1 is 1.10 bits per heavy atom. The van der Waals surface area contributed by atoms with Gasteiger partial charge in [-0.15, -0.1) is 0 Å². The number of benzene rings is 2. The second kappa shape index (κ2) is 6.69. The Bertz CT molecular complexity index is 598. The average Bonchev–Trinajstić information content (AvgIpc) is 2.46. The van der Waals surface area contributed by atoms with E-state index in [1.54, 1.807) is 36.4 Å². The lowest BCUT2D eigenvalue weighted by Gasteiger charge is -2.08. The van der Waals surface area contributed by atoms with Crippen LogP contribution in [-0.2, 0) is 6.54 Å². The minimum Gasteiger partial charge on any atom is -0.435 e. The maximum absolute atomic E-state index is 12.0. The van der Waals surface area contributed by atoms with E-state index in [4.69, 9.17) is 5.73 Å². The topological polar surface area (TPSA) is 64.4 Å². The van der Waals surface area contributed by atoms with E-state index in [1.807, 2.05) is 0 Å². The molecule has 110 valence electrons. The lowest BCUT2D eigenvalue weighted by molar-refractivity contribution is -0.0498. The number of nitrogens with two attached hydrogens (primary N) is 1. The van der Waals surface area contributed by atoms with Crippen LogP contribution in [0.15, 0.2) is 48.5 Å². The third-order valence-electron chi connectivity index (χ3n) is 2.81. The van der Waals surface area contributed by atoms with Gasteiger partial charge in [0, 0.05) is 17.8 Å². The van der Waals surface area contributed by atoms with E-state index >= 15 is 0 Å². The molecule has 0 heterocycles. The first-order valence-corrected chi connectivity index (χ1v) is 6.22. The molecule has 0 aliphatic rings. The third kappa shape index (κ3) is 4.45. The van der Waals surface area contributed by atoms with Crippen LogP contribution in [-0.4, -0.2) is 12.5 Å². The molecule has 4 nitrogen and oxygen atoms in total. The molecule has 0 fully saturated rings. The molecule has 0 unspecified atom stereocenters. The number of carbonyl (C=O) groups is 1. The molecule has 0 aromatic heterocycles. The molecule has 2 rings (SSSR count). The molecular formula is C15H14F2N2O2. The van der Waals surface area contributed by atoms with Gasteiger partial charge in [-0.1, -0.05) is 12.1 Å². The summed E-state index contributed by atoms with van der Waals surface area (Å²) in [6.07, 6.45) is 0. The number of carbonyl (C=O) groups excluding carboxylic acids is 1. The maximum atomic E-state index is 12.0. The highest BCUT2D eigenvalue weighted by Crippen LogP contribution is 2.18. The van der Waals surface area contributed by atoms with Gasteiger partial charge in [-0.3, -0.25) is 4.79 Å². The van der Waals surface area contributed by atoms with E-state index in [1.165, 1.54) is 12.1 Å². The van der Waals surface area contributed by atoms with Crippen LogP contribution < -0.4 is 15.8 Å². The SMILES string of the molecule is NC(=O)c1ccc(CNc2ccc(OC(F)F)cc2)cc1. The number of amides is 1. The highest BCUT2D eigenvalue weighted by atomic mass is 19.3. The summed E-state index contributed by atoms with van der Waals surface area (Å²) in [4.78, 5) is 10.9. The predicted octanol–water partition coefficient (Wildman–Crippen LogP) is 3.00. The number of rotatable bonds is 6. The number of hydrogen-bond acceptors (Lipinski definition) is 3. The zero-order valence-electron chi connectivity index (χ0n) is 11.1. The van der Waals surface area contributed by atoms with Gasteiger partial charge in [-0.05, 0) is 42.0 Å². The largest absolute Gasteiger partial charge is 0.435 e. The van der Waals surface area contributed by atoms with Crippen molar-refractivity contribution >= 4 is 11.6 Å². The molecule has 0 bridgehead atoms. The standard InChI is InChI=1S/C15H14F2N2O2/c16-15(17)21-13-7-5-12(6-8-13)19-9-10-1-3-11(4-2-10)14(18)20/h1-8,15,19H,9H2,(H2,18,20). The predicted molar refractivity (Wildman–Crippen MR) is 75.4 cm³/mol. The quantitative estimate of drug-likeness (QED) is 0.860. The Hall–Kier alpha value is -2.63. The second-order valence-corrected chi connectivity index (χ2v) is 4.32. The van der Waals surface area contributed by atoms with Crippen LogP contribution in [0.5, 0.6) is 5.75 Å². The van der Waals surface area contributed by atoms with Gasteiger partial charge in [0.15, 0.2) is 0 Å². The van der Waals surface area contributed by atoms with Crippen LogP contribution in [0, 0.1) is 0 Å².